The van der Waals surface area contributed by atoms with Gasteiger partial charge in [0, 0.05) is 26.5 Å². The van der Waals surface area contributed by atoms with Crippen molar-refractivity contribution in [2.75, 3.05) is 26.5 Å². The van der Waals surface area contributed by atoms with E-state index in [9.17, 15) is 18.0 Å². The summed E-state index contributed by atoms with van der Waals surface area (Å²) in [7, 11) is -1.95. The van der Waals surface area contributed by atoms with Crippen molar-refractivity contribution in [2.24, 2.45) is 0 Å². The number of carbonyl (C=O) groups is 2. The van der Waals surface area contributed by atoms with Crippen LogP contribution < -0.4 is 10.6 Å². The molecule has 0 aliphatic rings. The van der Waals surface area contributed by atoms with Crippen molar-refractivity contribution in [3.63, 3.8) is 0 Å². The van der Waals surface area contributed by atoms with Crippen LogP contribution in [0.3, 0.4) is 0 Å². The number of sulfone groups is 1. The second-order valence-electron chi connectivity index (χ2n) is 5.05. The molecule has 0 aromatic rings. The Kier molecular flexibility index (Phi) is 6.94. The highest BCUT2D eigenvalue weighted by atomic mass is 32.2. The second kappa shape index (κ2) is 7.44. The molecule has 0 aliphatic heterocycles. The van der Waals surface area contributed by atoms with Crippen LogP contribution in [0.1, 0.15) is 20.3 Å². The first kappa shape index (κ1) is 18.7. The molecule has 20 heavy (non-hydrogen) atoms. The van der Waals surface area contributed by atoms with Crippen molar-refractivity contribution in [1.82, 2.24) is 10.6 Å². The molecule has 0 saturated carbocycles. The summed E-state index contributed by atoms with van der Waals surface area (Å²) in [5.74, 6) is -1.03. The zero-order chi connectivity index (χ0) is 16.0. The molecule has 0 fully saturated rings. The summed E-state index contributed by atoms with van der Waals surface area (Å²) in [5.41, 5.74) is 0. The SMILES string of the molecule is COC(CNC(=O)NCC(C)(C)S(C)(=O)=O)CC(=O)O. The molecular formula is C11H22N2O6S. The Morgan fingerprint density at radius 1 is 1.30 bits per heavy atom. The molecule has 0 radical (unpaired) electrons. The van der Waals surface area contributed by atoms with Crippen molar-refractivity contribution in [2.45, 2.75) is 31.1 Å². The van der Waals surface area contributed by atoms with Crippen LogP contribution in [-0.4, -0.2) is 62.8 Å². The monoisotopic (exact) mass is 310 g/mol. The number of carbonyl (C=O) groups excluding carboxylic acids is 1. The van der Waals surface area contributed by atoms with E-state index < -0.39 is 32.7 Å². The number of rotatable bonds is 8. The van der Waals surface area contributed by atoms with Crippen LogP contribution in [0.2, 0.25) is 0 Å². The Morgan fingerprint density at radius 2 is 1.85 bits per heavy atom. The smallest absolute Gasteiger partial charge is 0.314 e. The number of aliphatic carboxylic acids is 1. The molecule has 0 saturated heterocycles. The minimum absolute atomic E-state index is 0.0218. The lowest BCUT2D eigenvalue weighted by atomic mass is 10.2. The molecule has 0 aromatic carbocycles. The summed E-state index contributed by atoms with van der Waals surface area (Å²) in [4.78, 5) is 22.0. The number of ether oxygens (including phenoxy) is 1. The van der Waals surface area contributed by atoms with Gasteiger partial charge in [-0.2, -0.15) is 0 Å². The Balaban J connectivity index is 4.22. The fraction of sp³-hybridized carbons (Fsp3) is 0.818. The van der Waals surface area contributed by atoms with E-state index in [0.29, 0.717) is 0 Å². The molecule has 3 N–H and O–H groups in total. The molecule has 2 amide bonds. The quantitative estimate of drug-likeness (QED) is 0.561. The maximum absolute atomic E-state index is 11.5. The first-order chi connectivity index (χ1) is 8.99. The van der Waals surface area contributed by atoms with E-state index in [-0.39, 0.29) is 19.5 Å². The van der Waals surface area contributed by atoms with Gasteiger partial charge in [0.15, 0.2) is 9.84 Å². The van der Waals surface area contributed by atoms with E-state index in [1.165, 1.54) is 21.0 Å². The minimum atomic E-state index is -3.29. The van der Waals surface area contributed by atoms with Crippen molar-refractivity contribution in [3.8, 4) is 0 Å². The molecule has 118 valence electrons. The number of carboxylic acid groups (broad SMARTS) is 1. The van der Waals surface area contributed by atoms with Crippen LogP contribution in [0, 0.1) is 0 Å². The van der Waals surface area contributed by atoms with E-state index in [1.807, 2.05) is 0 Å². The van der Waals surface area contributed by atoms with Crippen molar-refractivity contribution in [3.05, 3.63) is 0 Å². The fourth-order valence-electron chi connectivity index (χ4n) is 1.13. The maximum atomic E-state index is 11.5. The molecule has 0 rings (SSSR count). The van der Waals surface area contributed by atoms with Crippen molar-refractivity contribution < 1.29 is 27.9 Å². The Morgan fingerprint density at radius 3 is 2.25 bits per heavy atom. The highest BCUT2D eigenvalue weighted by Crippen LogP contribution is 2.13. The fourth-order valence-corrected chi connectivity index (χ4v) is 1.46. The van der Waals surface area contributed by atoms with Gasteiger partial charge in [0.2, 0.25) is 0 Å². The third-order valence-electron chi connectivity index (χ3n) is 2.90. The van der Waals surface area contributed by atoms with Gasteiger partial charge in [0.25, 0.3) is 0 Å². The number of hydrogen-bond donors (Lipinski definition) is 3. The molecule has 0 bridgehead atoms. The van der Waals surface area contributed by atoms with Crippen molar-refractivity contribution >= 4 is 21.8 Å². The highest BCUT2D eigenvalue weighted by Gasteiger charge is 2.30. The van der Waals surface area contributed by atoms with Gasteiger partial charge in [-0.1, -0.05) is 0 Å². The summed E-state index contributed by atoms with van der Waals surface area (Å²) in [6.45, 7) is 2.98. The average Bonchev–Trinajstić information content (AvgIpc) is 2.30. The summed E-state index contributed by atoms with van der Waals surface area (Å²) >= 11 is 0. The standard InChI is InChI=1S/C11H22N2O6S/c1-11(2,20(4,17)18)7-13-10(16)12-6-8(19-3)5-9(14)15/h8H,5-7H2,1-4H3,(H,14,15)(H2,12,13,16). The molecular weight excluding hydrogens is 288 g/mol. The predicted molar refractivity (Wildman–Crippen MR) is 73.4 cm³/mol. The number of amides is 2. The Labute approximate surface area is 118 Å². The van der Waals surface area contributed by atoms with Gasteiger partial charge in [0.1, 0.15) is 0 Å². The number of hydrogen-bond acceptors (Lipinski definition) is 5. The lowest BCUT2D eigenvalue weighted by Gasteiger charge is -2.23. The topological polar surface area (TPSA) is 122 Å². The van der Waals surface area contributed by atoms with Gasteiger partial charge in [-0.25, -0.2) is 13.2 Å². The predicted octanol–water partition coefficient (Wildman–Crippen LogP) is -0.401. The normalized spacial score (nSPS) is 13.6. The lowest BCUT2D eigenvalue weighted by molar-refractivity contribution is -0.139. The molecule has 0 spiro atoms. The van der Waals surface area contributed by atoms with Gasteiger partial charge in [-0.15, -0.1) is 0 Å². The van der Waals surface area contributed by atoms with Gasteiger partial charge >= 0.3 is 12.0 Å². The number of urea groups is 1. The Bertz CT molecular complexity index is 446. The largest absolute Gasteiger partial charge is 0.481 e. The van der Waals surface area contributed by atoms with Gasteiger partial charge in [-0.05, 0) is 13.8 Å². The van der Waals surface area contributed by atoms with Crippen LogP contribution in [0.15, 0.2) is 0 Å². The molecule has 1 atom stereocenters. The summed E-state index contributed by atoms with van der Waals surface area (Å²) in [5, 5.41) is 13.5. The van der Waals surface area contributed by atoms with Crippen LogP contribution in [0.4, 0.5) is 4.79 Å². The first-order valence-electron chi connectivity index (χ1n) is 5.95. The molecule has 9 heteroatoms. The number of methoxy groups -OCH3 is 1. The van der Waals surface area contributed by atoms with E-state index in [2.05, 4.69) is 10.6 Å². The third-order valence-corrected chi connectivity index (χ3v) is 5.06. The lowest BCUT2D eigenvalue weighted by Crippen LogP contribution is -2.48. The van der Waals surface area contributed by atoms with E-state index >= 15 is 0 Å². The van der Waals surface area contributed by atoms with E-state index in [1.54, 1.807) is 0 Å². The summed E-state index contributed by atoms with van der Waals surface area (Å²) < 4.78 is 26.7. The number of nitrogens with one attached hydrogen (secondary N) is 2. The van der Waals surface area contributed by atoms with Crippen molar-refractivity contribution in [1.29, 1.82) is 0 Å². The van der Waals surface area contributed by atoms with Crippen LogP contribution >= 0.6 is 0 Å². The molecule has 0 heterocycles. The zero-order valence-corrected chi connectivity index (χ0v) is 12.9. The van der Waals surface area contributed by atoms with Gasteiger partial charge < -0.3 is 20.5 Å². The first-order valence-corrected chi connectivity index (χ1v) is 7.84. The minimum Gasteiger partial charge on any atom is -0.481 e. The average molecular weight is 310 g/mol. The summed E-state index contributed by atoms with van der Waals surface area (Å²) in [6.07, 6.45) is 0.229. The summed E-state index contributed by atoms with van der Waals surface area (Å²) in [6, 6.07) is -0.575. The molecule has 0 aliphatic carbocycles. The number of carboxylic acids is 1. The molecule has 0 aromatic heterocycles. The second-order valence-corrected chi connectivity index (χ2v) is 7.70. The maximum Gasteiger partial charge on any atom is 0.314 e. The third kappa shape index (κ3) is 6.71. The zero-order valence-electron chi connectivity index (χ0n) is 12.1. The van der Waals surface area contributed by atoms with Gasteiger partial charge in [0.05, 0.1) is 17.3 Å². The van der Waals surface area contributed by atoms with Crippen LogP contribution in [-0.2, 0) is 19.4 Å². The van der Waals surface area contributed by atoms with E-state index in [0.717, 1.165) is 6.26 Å². The van der Waals surface area contributed by atoms with Crippen LogP contribution in [0.25, 0.3) is 0 Å². The highest BCUT2D eigenvalue weighted by molar-refractivity contribution is 7.92. The molecule has 8 nitrogen and oxygen atoms in total. The molecule has 1 unspecified atom stereocenters. The van der Waals surface area contributed by atoms with Gasteiger partial charge in [-0.3, -0.25) is 4.79 Å². The van der Waals surface area contributed by atoms with E-state index in [4.69, 9.17) is 9.84 Å². The van der Waals surface area contributed by atoms with Crippen LogP contribution in [0.5, 0.6) is 0 Å². The Hall–Kier alpha value is -1.35.